The fourth-order valence-corrected chi connectivity index (χ4v) is 1.53. The molecule has 1 rings (SSSR count). The Morgan fingerprint density at radius 2 is 2.26 bits per heavy atom. The van der Waals surface area contributed by atoms with E-state index in [0.717, 1.165) is 0 Å². The number of hydrogen-bond donors (Lipinski definition) is 0. The molecule has 0 radical (unpaired) electrons. The monoisotopic (exact) mass is 263 g/mol. The Morgan fingerprint density at radius 3 is 2.89 bits per heavy atom. The highest BCUT2D eigenvalue weighted by Crippen LogP contribution is 2.12. The molecule has 1 heterocycles. The van der Waals surface area contributed by atoms with Gasteiger partial charge < -0.3 is 14.4 Å². The summed E-state index contributed by atoms with van der Waals surface area (Å²) < 4.78 is 9.65. The Balaban J connectivity index is 2.76. The number of carbonyl (C=O) groups is 1. The van der Waals surface area contributed by atoms with E-state index >= 15 is 0 Å². The Labute approximate surface area is 112 Å². The first kappa shape index (κ1) is 14.9. The third-order valence-electron chi connectivity index (χ3n) is 2.58. The van der Waals surface area contributed by atoms with Gasteiger partial charge in [-0.25, -0.2) is 4.98 Å². The maximum atomic E-state index is 11.2. The molecule has 1 aromatic heterocycles. The van der Waals surface area contributed by atoms with Crippen LogP contribution in [0.1, 0.15) is 12.0 Å². The van der Waals surface area contributed by atoms with Crippen LogP contribution in [0.2, 0.25) is 0 Å². The van der Waals surface area contributed by atoms with Gasteiger partial charge in [-0.1, -0.05) is 0 Å². The molecule has 0 aromatic carbocycles. The summed E-state index contributed by atoms with van der Waals surface area (Å²) in [5, 5.41) is 8.88. The topological polar surface area (TPSA) is 75.4 Å². The van der Waals surface area contributed by atoms with E-state index in [0.29, 0.717) is 31.1 Å². The highest BCUT2D eigenvalue weighted by Gasteiger charge is 2.11. The molecule has 0 amide bonds. The van der Waals surface area contributed by atoms with Crippen LogP contribution in [-0.4, -0.2) is 44.9 Å². The quantitative estimate of drug-likeness (QED) is 0.682. The van der Waals surface area contributed by atoms with E-state index < -0.39 is 0 Å². The van der Waals surface area contributed by atoms with Gasteiger partial charge in [-0.15, -0.1) is 0 Å². The minimum absolute atomic E-state index is 0.263. The molecule has 6 nitrogen and oxygen atoms in total. The van der Waals surface area contributed by atoms with Crippen molar-refractivity contribution in [2.75, 3.05) is 38.8 Å². The lowest BCUT2D eigenvalue weighted by molar-refractivity contribution is -0.140. The number of hydrogen-bond acceptors (Lipinski definition) is 6. The Morgan fingerprint density at radius 1 is 1.47 bits per heavy atom. The van der Waals surface area contributed by atoms with Crippen LogP contribution in [-0.2, 0) is 14.3 Å². The van der Waals surface area contributed by atoms with Gasteiger partial charge in [0, 0.05) is 26.4 Å². The standard InChI is InChI=1S/C13H17N3O3/c1-18-8-7-16(6-4-13(17)19-2)12-9-11(10-14)3-5-15-12/h3,5,9H,4,6-8H2,1-2H3. The van der Waals surface area contributed by atoms with Crippen LogP contribution in [0.5, 0.6) is 0 Å². The summed E-state index contributed by atoms with van der Waals surface area (Å²) in [6.07, 6.45) is 1.84. The zero-order valence-corrected chi connectivity index (χ0v) is 11.1. The van der Waals surface area contributed by atoms with E-state index in [1.807, 2.05) is 4.90 Å². The van der Waals surface area contributed by atoms with Crippen molar-refractivity contribution >= 4 is 11.8 Å². The number of carbonyl (C=O) groups excluding carboxylic acids is 1. The van der Waals surface area contributed by atoms with E-state index in [-0.39, 0.29) is 12.4 Å². The maximum absolute atomic E-state index is 11.2. The first-order chi connectivity index (χ1) is 9.21. The fraction of sp³-hybridized carbons (Fsp3) is 0.462. The molecule has 1 aromatic rings. The van der Waals surface area contributed by atoms with Crippen molar-refractivity contribution in [3.8, 4) is 6.07 Å². The molecule has 0 unspecified atom stereocenters. The van der Waals surface area contributed by atoms with Gasteiger partial charge in [0.25, 0.3) is 0 Å². The highest BCUT2D eigenvalue weighted by atomic mass is 16.5. The number of pyridine rings is 1. The van der Waals surface area contributed by atoms with Crippen LogP contribution in [0, 0.1) is 11.3 Å². The van der Waals surface area contributed by atoms with Crippen molar-refractivity contribution in [1.82, 2.24) is 4.98 Å². The maximum Gasteiger partial charge on any atom is 0.307 e. The van der Waals surface area contributed by atoms with Gasteiger partial charge in [0.05, 0.1) is 31.8 Å². The number of aromatic nitrogens is 1. The number of ether oxygens (including phenoxy) is 2. The molecule has 0 N–H and O–H groups in total. The number of anilines is 1. The van der Waals surface area contributed by atoms with E-state index in [1.165, 1.54) is 7.11 Å². The third-order valence-corrected chi connectivity index (χ3v) is 2.58. The van der Waals surface area contributed by atoms with E-state index in [9.17, 15) is 4.79 Å². The molecule has 6 heteroatoms. The average Bonchev–Trinajstić information content (AvgIpc) is 2.47. The summed E-state index contributed by atoms with van der Waals surface area (Å²) in [4.78, 5) is 17.3. The minimum Gasteiger partial charge on any atom is -0.469 e. The highest BCUT2D eigenvalue weighted by molar-refractivity contribution is 5.69. The first-order valence-corrected chi connectivity index (χ1v) is 5.88. The molecule has 102 valence electrons. The lowest BCUT2D eigenvalue weighted by Gasteiger charge is -2.22. The largest absolute Gasteiger partial charge is 0.469 e. The van der Waals surface area contributed by atoms with E-state index in [1.54, 1.807) is 25.4 Å². The predicted octanol–water partition coefficient (Wildman–Crippen LogP) is 0.969. The molecule has 0 saturated heterocycles. The lowest BCUT2D eigenvalue weighted by Crippen LogP contribution is -2.30. The van der Waals surface area contributed by atoms with Crippen molar-refractivity contribution in [2.24, 2.45) is 0 Å². The Hall–Kier alpha value is -2.13. The molecule has 0 spiro atoms. The van der Waals surface area contributed by atoms with Crippen LogP contribution in [0.4, 0.5) is 5.82 Å². The summed E-state index contributed by atoms with van der Waals surface area (Å²) in [7, 11) is 2.97. The summed E-state index contributed by atoms with van der Waals surface area (Å²) in [5.74, 6) is 0.374. The molecule has 0 aliphatic carbocycles. The number of esters is 1. The molecule has 0 atom stereocenters. The Bertz CT molecular complexity index is 457. The number of methoxy groups -OCH3 is 2. The van der Waals surface area contributed by atoms with E-state index in [4.69, 9.17) is 10.00 Å². The smallest absolute Gasteiger partial charge is 0.307 e. The number of nitrogens with zero attached hydrogens (tertiary/aromatic N) is 3. The molecule has 0 aliphatic heterocycles. The van der Waals surface area contributed by atoms with Crippen molar-refractivity contribution in [3.63, 3.8) is 0 Å². The van der Waals surface area contributed by atoms with Crippen molar-refractivity contribution in [3.05, 3.63) is 23.9 Å². The van der Waals surface area contributed by atoms with Crippen LogP contribution in [0.15, 0.2) is 18.3 Å². The van der Waals surface area contributed by atoms with Crippen LogP contribution in [0.3, 0.4) is 0 Å². The molecule has 0 bridgehead atoms. The Kier molecular flexibility index (Phi) is 6.33. The fourth-order valence-electron chi connectivity index (χ4n) is 1.53. The van der Waals surface area contributed by atoms with Crippen LogP contribution < -0.4 is 4.90 Å². The zero-order valence-electron chi connectivity index (χ0n) is 11.1. The van der Waals surface area contributed by atoms with Gasteiger partial charge in [-0.3, -0.25) is 4.79 Å². The average molecular weight is 263 g/mol. The van der Waals surface area contributed by atoms with Gasteiger partial charge in [-0.05, 0) is 12.1 Å². The summed E-state index contributed by atoms with van der Waals surface area (Å²) in [6, 6.07) is 5.39. The number of nitriles is 1. The number of rotatable bonds is 7. The first-order valence-electron chi connectivity index (χ1n) is 5.88. The van der Waals surface area contributed by atoms with Crippen LogP contribution >= 0.6 is 0 Å². The second kappa shape index (κ2) is 8.06. The predicted molar refractivity (Wildman–Crippen MR) is 69.7 cm³/mol. The van der Waals surface area contributed by atoms with Gasteiger partial charge in [0.15, 0.2) is 0 Å². The third kappa shape index (κ3) is 4.94. The molecule has 0 saturated carbocycles. The molecule has 0 aliphatic rings. The molecule has 19 heavy (non-hydrogen) atoms. The van der Waals surface area contributed by atoms with Crippen molar-refractivity contribution in [1.29, 1.82) is 5.26 Å². The second-order valence-electron chi connectivity index (χ2n) is 3.82. The van der Waals surface area contributed by atoms with Gasteiger partial charge in [0.1, 0.15) is 5.82 Å². The van der Waals surface area contributed by atoms with Gasteiger partial charge >= 0.3 is 5.97 Å². The van der Waals surface area contributed by atoms with Crippen molar-refractivity contribution < 1.29 is 14.3 Å². The molecular weight excluding hydrogens is 246 g/mol. The van der Waals surface area contributed by atoms with E-state index in [2.05, 4.69) is 15.8 Å². The zero-order chi connectivity index (χ0) is 14.1. The summed E-state index contributed by atoms with van der Waals surface area (Å²) >= 11 is 0. The summed E-state index contributed by atoms with van der Waals surface area (Å²) in [5.41, 5.74) is 0.533. The molecule has 0 fully saturated rings. The van der Waals surface area contributed by atoms with Crippen LogP contribution in [0.25, 0.3) is 0 Å². The summed E-state index contributed by atoms with van der Waals surface area (Å²) in [6.45, 7) is 1.58. The normalized spacial score (nSPS) is 9.74. The second-order valence-corrected chi connectivity index (χ2v) is 3.82. The lowest BCUT2D eigenvalue weighted by atomic mass is 10.2. The van der Waals surface area contributed by atoms with Gasteiger partial charge in [-0.2, -0.15) is 5.26 Å². The van der Waals surface area contributed by atoms with Crippen molar-refractivity contribution in [2.45, 2.75) is 6.42 Å². The minimum atomic E-state index is -0.279. The SMILES string of the molecule is COCCN(CCC(=O)OC)c1cc(C#N)ccn1. The van der Waals surface area contributed by atoms with Gasteiger partial charge in [0.2, 0.25) is 0 Å². The molecular formula is C13H17N3O3.